The van der Waals surface area contributed by atoms with Gasteiger partial charge in [0.15, 0.2) is 9.84 Å². The summed E-state index contributed by atoms with van der Waals surface area (Å²) in [5.74, 6) is 0. The molecule has 0 fully saturated rings. The number of nitrogens with zero attached hydrogens (tertiary/aromatic N) is 1. The molecule has 31 heavy (non-hydrogen) atoms. The minimum absolute atomic E-state index is 0.0784. The van der Waals surface area contributed by atoms with E-state index in [1.165, 1.54) is 30.3 Å². The van der Waals surface area contributed by atoms with Crippen LogP contribution in [0.2, 0.25) is 0 Å². The van der Waals surface area contributed by atoms with Crippen molar-refractivity contribution in [1.82, 2.24) is 4.98 Å². The van der Waals surface area contributed by atoms with Gasteiger partial charge in [-0.2, -0.15) is 13.2 Å². The zero-order valence-corrected chi connectivity index (χ0v) is 17.8. The summed E-state index contributed by atoms with van der Waals surface area (Å²) in [7, 11) is -3.78. The summed E-state index contributed by atoms with van der Waals surface area (Å²) in [6.45, 7) is 1.93. The average Bonchev–Trinajstić information content (AvgIpc) is 2.72. The molecule has 0 radical (unpaired) electrons. The number of rotatable bonds is 3. The predicted octanol–water partition coefficient (Wildman–Crippen LogP) is 5.85. The fourth-order valence-corrected chi connectivity index (χ4v) is 5.31. The first-order valence-corrected chi connectivity index (χ1v) is 11.5. The number of pyridine rings is 1. The van der Waals surface area contributed by atoms with Crippen molar-refractivity contribution in [2.45, 2.75) is 24.3 Å². The normalized spacial score (nSPS) is 19.5. The van der Waals surface area contributed by atoms with E-state index in [0.29, 0.717) is 5.39 Å². The number of hydrogen-bond donors (Lipinski definition) is 0. The molecule has 7 heteroatoms. The maximum absolute atomic E-state index is 13.6. The maximum Gasteiger partial charge on any atom is 0.418 e. The molecule has 4 rings (SSSR count). The summed E-state index contributed by atoms with van der Waals surface area (Å²) in [6.07, 6.45) is 1.59. The lowest BCUT2D eigenvalue weighted by atomic mass is 9.85. The Balaban J connectivity index is 1.93. The summed E-state index contributed by atoms with van der Waals surface area (Å²) in [4.78, 5) is 4.28. The fourth-order valence-electron chi connectivity index (χ4n) is 4.07. The van der Waals surface area contributed by atoms with Crippen LogP contribution in [0.5, 0.6) is 0 Å². The van der Waals surface area contributed by atoms with Crippen LogP contribution in [0.3, 0.4) is 0 Å². The van der Waals surface area contributed by atoms with E-state index in [1.807, 2.05) is 37.3 Å². The van der Waals surface area contributed by atoms with Crippen LogP contribution >= 0.6 is 0 Å². The largest absolute Gasteiger partial charge is 0.418 e. The third kappa shape index (κ3) is 3.67. The second kappa shape index (κ2) is 7.34. The number of aryl methyl sites for hydroxylation is 1. The van der Waals surface area contributed by atoms with Gasteiger partial charge in [-0.05, 0) is 35.8 Å². The molecule has 1 atom stereocenters. The Hall–Kier alpha value is -2.93. The molecule has 1 aliphatic carbocycles. The molecule has 2 aromatic carbocycles. The number of alkyl halides is 3. The molecule has 0 N–H and O–H groups in total. The molecule has 1 unspecified atom stereocenters. The summed E-state index contributed by atoms with van der Waals surface area (Å²) in [5, 5.41) is 0.302. The van der Waals surface area contributed by atoms with E-state index in [2.05, 4.69) is 4.98 Å². The SMILES string of the molecule is Cc1ccccc1C1=CC=CC(c2ccc3cccc(C(F)(F)F)c3n2)(S(C)(=O)=O)C1. The van der Waals surface area contributed by atoms with Gasteiger partial charge in [-0.25, -0.2) is 8.42 Å². The van der Waals surface area contributed by atoms with E-state index >= 15 is 0 Å². The van der Waals surface area contributed by atoms with Crippen LogP contribution in [0.25, 0.3) is 16.5 Å². The zero-order valence-electron chi connectivity index (χ0n) is 16.9. The topological polar surface area (TPSA) is 47.0 Å². The zero-order chi connectivity index (χ0) is 22.4. The van der Waals surface area contributed by atoms with E-state index in [-0.39, 0.29) is 17.6 Å². The summed E-state index contributed by atoms with van der Waals surface area (Å²) in [5.41, 5.74) is 1.61. The van der Waals surface area contributed by atoms with Gasteiger partial charge in [-0.15, -0.1) is 0 Å². The van der Waals surface area contributed by atoms with Crippen LogP contribution < -0.4 is 0 Å². The quantitative estimate of drug-likeness (QED) is 0.511. The highest BCUT2D eigenvalue weighted by molar-refractivity contribution is 7.91. The van der Waals surface area contributed by atoms with Crippen LogP contribution in [0, 0.1) is 6.92 Å². The first-order valence-electron chi connectivity index (χ1n) is 9.64. The molecule has 3 aromatic rings. The lowest BCUT2D eigenvalue weighted by Gasteiger charge is -2.32. The minimum atomic E-state index is -4.60. The Labute approximate surface area is 178 Å². The van der Waals surface area contributed by atoms with Gasteiger partial charge in [0.1, 0.15) is 4.75 Å². The Morgan fingerprint density at radius 2 is 1.74 bits per heavy atom. The first kappa shape index (κ1) is 21.3. The van der Waals surface area contributed by atoms with Crippen molar-refractivity contribution in [3.05, 3.63) is 95.2 Å². The number of sulfone groups is 1. The molecule has 0 saturated carbocycles. The van der Waals surface area contributed by atoms with Gasteiger partial charge in [-0.3, -0.25) is 4.98 Å². The van der Waals surface area contributed by atoms with Crippen molar-refractivity contribution < 1.29 is 21.6 Å². The molecule has 0 saturated heterocycles. The van der Waals surface area contributed by atoms with Crippen LogP contribution in [0.1, 0.15) is 28.8 Å². The molecule has 0 amide bonds. The van der Waals surface area contributed by atoms with Gasteiger partial charge in [0.05, 0.1) is 16.8 Å². The predicted molar refractivity (Wildman–Crippen MR) is 116 cm³/mol. The minimum Gasteiger partial charge on any atom is -0.250 e. The molecule has 1 aromatic heterocycles. The highest BCUT2D eigenvalue weighted by Gasteiger charge is 2.44. The molecule has 1 heterocycles. The lowest BCUT2D eigenvalue weighted by molar-refractivity contribution is -0.136. The van der Waals surface area contributed by atoms with Crippen molar-refractivity contribution in [2.24, 2.45) is 0 Å². The Kier molecular flexibility index (Phi) is 5.04. The van der Waals surface area contributed by atoms with Crippen LogP contribution in [0.15, 0.2) is 72.8 Å². The smallest absolute Gasteiger partial charge is 0.250 e. The number of aromatic nitrogens is 1. The molecule has 3 nitrogen and oxygen atoms in total. The van der Waals surface area contributed by atoms with Gasteiger partial charge in [-0.1, -0.05) is 60.7 Å². The Morgan fingerprint density at radius 3 is 2.42 bits per heavy atom. The molecule has 0 spiro atoms. The number of benzene rings is 2. The molecule has 160 valence electrons. The maximum atomic E-state index is 13.6. The summed E-state index contributed by atoms with van der Waals surface area (Å²) >= 11 is 0. The van der Waals surface area contributed by atoms with E-state index in [0.717, 1.165) is 29.0 Å². The van der Waals surface area contributed by atoms with Gasteiger partial charge < -0.3 is 0 Å². The van der Waals surface area contributed by atoms with Gasteiger partial charge in [0.25, 0.3) is 0 Å². The van der Waals surface area contributed by atoms with Crippen molar-refractivity contribution in [3.63, 3.8) is 0 Å². The summed E-state index contributed by atoms with van der Waals surface area (Å²) in [6, 6.07) is 14.4. The third-order valence-corrected chi connectivity index (χ3v) is 7.54. The lowest BCUT2D eigenvalue weighted by Crippen LogP contribution is -2.35. The monoisotopic (exact) mass is 443 g/mol. The Bertz CT molecular complexity index is 1340. The van der Waals surface area contributed by atoms with Gasteiger partial charge >= 0.3 is 6.18 Å². The van der Waals surface area contributed by atoms with E-state index in [9.17, 15) is 21.6 Å². The number of allylic oxidation sites excluding steroid dienone is 3. The molecular weight excluding hydrogens is 423 g/mol. The van der Waals surface area contributed by atoms with Crippen molar-refractivity contribution in [3.8, 4) is 0 Å². The molecule has 0 aliphatic heterocycles. The van der Waals surface area contributed by atoms with Gasteiger partial charge in [0, 0.05) is 18.1 Å². The van der Waals surface area contributed by atoms with Crippen LogP contribution in [-0.2, 0) is 20.8 Å². The Morgan fingerprint density at radius 1 is 1.00 bits per heavy atom. The van der Waals surface area contributed by atoms with E-state index in [1.54, 1.807) is 6.08 Å². The second-order valence-corrected chi connectivity index (χ2v) is 10.0. The fraction of sp³-hybridized carbons (Fsp3) is 0.208. The highest BCUT2D eigenvalue weighted by Crippen LogP contribution is 2.44. The standard InChI is InChI=1S/C24H20F3NO2S/c1-16-7-3-4-10-19(16)18-9-6-14-23(15-18,31(2,29)30)21-13-12-17-8-5-11-20(22(17)28-21)24(25,26)27/h3-14H,15H2,1-2H3. The third-order valence-electron chi connectivity index (χ3n) is 5.73. The van der Waals surface area contributed by atoms with E-state index < -0.39 is 26.3 Å². The van der Waals surface area contributed by atoms with Crippen molar-refractivity contribution >= 4 is 26.3 Å². The number of para-hydroxylation sites is 1. The second-order valence-electron chi connectivity index (χ2n) is 7.78. The van der Waals surface area contributed by atoms with Crippen LogP contribution in [-0.4, -0.2) is 19.7 Å². The van der Waals surface area contributed by atoms with Crippen molar-refractivity contribution in [1.29, 1.82) is 0 Å². The average molecular weight is 443 g/mol. The number of hydrogen-bond acceptors (Lipinski definition) is 3. The first-order chi connectivity index (χ1) is 14.5. The number of halogens is 3. The molecular formula is C24H20F3NO2S. The highest BCUT2D eigenvalue weighted by atomic mass is 32.2. The molecule has 1 aliphatic rings. The van der Waals surface area contributed by atoms with E-state index in [4.69, 9.17) is 0 Å². The van der Waals surface area contributed by atoms with Crippen molar-refractivity contribution in [2.75, 3.05) is 6.26 Å². The number of fused-ring (bicyclic) bond motifs is 1. The summed E-state index contributed by atoms with van der Waals surface area (Å²) < 4.78 is 65.2. The molecule has 0 bridgehead atoms. The van der Waals surface area contributed by atoms with Gasteiger partial charge in [0.2, 0.25) is 0 Å². The van der Waals surface area contributed by atoms with Crippen LogP contribution in [0.4, 0.5) is 13.2 Å².